The second-order valence-corrected chi connectivity index (χ2v) is 6.74. The number of fused-ring (bicyclic) bond motifs is 1. The van der Waals surface area contributed by atoms with Crippen LogP contribution in [-0.4, -0.2) is 10.9 Å². The van der Waals surface area contributed by atoms with Gasteiger partial charge < -0.3 is 11.1 Å². The van der Waals surface area contributed by atoms with Crippen LogP contribution < -0.4 is 11.1 Å². The predicted octanol–water partition coefficient (Wildman–Crippen LogP) is 3.99. The Kier molecular flexibility index (Phi) is 3.71. The standard InChI is InChI=1S/C14H9FN2OS3/c15-8-5-7(13(16)19)1-2-9(8)17-14(18)12-6-11-10(21-12)3-4-20-11/h1-6H,(H2,16,19)(H,17,18). The van der Waals surface area contributed by atoms with Crippen molar-refractivity contribution in [3.05, 3.63) is 52.0 Å². The summed E-state index contributed by atoms with van der Waals surface area (Å²) < 4.78 is 16.0. The summed E-state index contributed by atoms with van der Waals surface area (Å²) in [6.07, 6.45) is 0. The fourth-order valence-electron chi connectivity index (χ4n) is 1.83. The molecule has 21 heavy (non-hydrogen) atoms. The molecule has 0 spiro atoms. The van der Waals surface area contributed by atoms with E-state index in [1.54, 1.807) is 23.5 Å². The minimum Gasteiger partial charge on any atom is -0.389 e. The van der Waals surface area contributed by atoms with Gasteiger partial charge >= 0.3 is 0 Å². The average molecular weight is 336 g/mol. The van der Waals surface area contributed by atoms with Gasteiger partial charge in [-0.05, 0) is 35.7 Å². The van der Waals surface area contributed by atoms with E-state index in [2.05, 4.69) is 5.32 Å². The summed E-state index contributed by atoms with van der Waals surface area (Å²) in [7, 11) is 0. The van der Waals surface area contributed by atoms with Gasteiger partial charge in [-0.15, -0.1) is 22.7 Å². The molecule has 0 bridgehead atoms. The zero-order chi connectivity index (χ0) is 15.0. The summed E-state index contributed by atoms with van der Waals surface area (Å²) in [5.41, 5.74) is 5.97. The van der Waals surface area contributed by atoms with Gasteiger partial charge in [-0.1, -0.05) is 12.2 Å². The van der Waals surface area contributed by atoms with Crippen molar-refractivity contribution in [3.63, 3.8) is 0 Å². The van der Waals surface area contributed by atoms with Crippen LogP contribution in [0.3, 0.4) is 0 Å². The molecule has 0 atom stereocenters. The molecular formula is C14H9FN2OS3. The Balaban J connectivity index is 1.84. The molecule has 3 N–H and O–H groups in total. The summed E-state index contributed by atoms with van der Waals surface area (Å²) in [5.74, 6) is -0.891. The molecule has 0 radical (unpaired) electrons. The molecule has 0 unspecified atom stereocenters. The van der Waals surface area contributed by atoms with Gasteiger partial charge in [-0.25, -0.2) is 4.39 Å². The zero-order valence-corrected chi connectivity index (χ0v) is 13.0. The van der Waals surface area contributed by atoms with Crippen molar-refractivity contribution in [2.24, 2.45) is 5.73 Å². The summed E-state index contributed by atoms with van der Waals surface area (Å²) >= 11 is 7.73. The Morgan fingerprint density at radius 3 is 2.71 bits per heavy atom. The highest BCUT2D eigenvalue weighted by molar-refractivity contribution is 7.80. The van der Waals surface area contributed by atoms with Crippen LogP contribution in [-0.2, 0) is 0 Å². The van der Waals surface area contributed by atoms with Crippen molar-refractivity contribution in [2.75, 3.05) is 5.32 Å². The number of anilines is 1. The van der Waals surface area contributed by atoms with Crippen LogP contribution >= 0.6 is 34.9 Å². The van der Waals surface area contributed by atoms with Gasteiger partial charge in [-0.2, -0.15) is 0 Å². The second-order valence-electron chi connectivity index (χ2n) is 4.27. The van der Waals surface area contributed by atoms with E-state index in [-0.39, 0.29) is 16.6 Å². The molecule has 0 aliphatic carbocycles. The second kappa shape index (κ2) is 5.51. The first-order valence-electron chi connectivity index (χ1n) is 5.92. The maximum absolute atomic E-state index is 13.9. The lowest BCUT2D eigenvalue weighted by Gasteiger charge is -2.06. The van der Waals surface area contributed by atoms with E-state index in [9.17, 15) is 9.18 Å². The Morgan fingerprint density at radius 1 is 1.24 bits per heavy atom. The van der Waals surface area contributed by atoms with E-state index in [1.165, 1.54) is 23.5 Å². The number of thiocarbonyl (C=S) groups is 1. The third-order valence-electron chi connectivity index (χ3n) is 2.86. The van der Waals surface area contributed by atoms with E-state index in [0.717, 1.165) is 9.40 Å². The number of hydrogen-bond acceptors (Lipinski definition) is 4. The van der Waals surface area contributed by atoms with Crippen LogP contribution in [0.4, 0.5) is 10.1 Å². The Morgan fingerprint density at radius 2 is 2.05 bits per heavy atom. The maximum Gasteiger partial charge on any atom is 0.265 e. The highest BCUT2D eigenvalue weighted by Crippen LogP contribution is 2.30. The van der Waals surface area contributed by atoms with Gasteiger partial charge in [0.1, 0.15) is 10.8 Å². The SMILES string of the molecule is NC(=S)c1ccc(NC(=O)c2cc3sccc3s2)c(F)c1. The fourth-order valence-corrected chi connectivity index (χ4v) is 3.96. The zero-order valence-electron chi connectivity index (χ0n) is 10.6. The Labute approximate surface area is 133 Å². The molecule has 3 rings (SSSR count). The lowest BCUT2D eigenvalue weighted by atomic mass is 10.2. The molecule has 1 aromatic carbocycles. The summed E-state index contributed by atoms with van der Waals surface area (Å²) in [6, 6.07) is 8.01. The number of halogens is 1. The van der Waals surface area contributed by atoms with Gasteiger partial charge in [0.05, 0.1) is 10.6 Å². The first-order chi connectivity index (χ1) is 10.0. The first-order valence-corrected chi connectivity index (χ1v) is 8.03. The highest BCUT2D eigenvalue weighted by atomic mass is 32.1. The van der Waals surface area contributed by atoms with Gasteiger partial charge in [0.15, 0.2) is 0 Å². The quantitative estimate of drug-likeness (QED) is 0.711. The number of hydrogen-bond donors (Lipinski definition) is 2. The number of rotatable bonds is 3. The molecule has 2 heterocycles. The van der Waals surface area contributed by atoms with Gasteiger partial charge in [0.2, 0.25) is 0 Å². The van der Waals surface area contributed by atoms with Crippen LogP contribution in [0.25, 0.3) is 9.40 Å². The normalized spacial score (nSPS) is 10.7. The molecular weight excluding hydrogens is 327 g/mol. The third kappa shape index (κ3) is 2.80. The van der Waals surface area contributed by atoms with Crippen LogP contribution in [0.5, 0.6) is 0 Å². The Bertz CT molecular complexity index is 824. The smallest absolute Gasteiger partial charge is 0.265 e. The number of amides is 1. The number of benzene rings is 1. The largest absolute Gasteiger partial charge is 0.389 e. The van der Waals surface area contributed by atoms with Crippen molar-refractivity contribution < 1.29 is 9.18 Å². The van der Waals surface area contributed by atoms with Crippen molar-refractivity contribution in [3.8, 4) is 0 Å². The van der Waals surface area contributed by atoms with E-state index >= 15 is 0 Å². The van der Waals surface area contributed by atoms with Crippen molar-refractivity contribution in [1.82, 2.24) is 0 Å². The lowest BCUT2D eigenvalue weighted by molar-refractivity contribution is 0.103. The third-order valence-corrected chi connectivity index (χ3v) is 5.19. The summed E-state index contributed by atoms with van der Waals surface area (Å²) in [5, 5.41) is 4.53. The van der Waals surface area contributed by atoms with E-state index in [4.69, 9.17) is 18.0 Å². The summed E-state index contributed by atoms with van der Waals surface area (Å²) in [6.45, 7) is 0. The molecule has 0 saturated carbocycles. The van der Waals surface area contributed by atoms with Gasteiger partial charge in [-0.3, -0.25) is 4.79 Å². The molecule has 1 amide bonds. The molecule has 0 aliphatic heterocycles. The van der Waals surface area contributed by atoms with E-state index < -0.39 is 5.82 Å². The topological polar surface area (TPSA) is 55.1 Å². The van der Waals surface area contributed by atoms with Crippen LogP contribution in [0, 0.1) is 5.82 Å². The molecule has 7 heteroatoms. The van der Waals surface area contributed by atoms with Crippen molar-refractivity contribution in [2.45, 2.75) is 0 Å². The highest BCUT2D eigenvalue weighted by Gasteiger charge is 2.13. The molecule has 0 saturated heterocycles. The molecule has 106 valence electrons. The number of nitrogens with one attached hydrogen (secondary N) is 1. The lowest BCUT2D eigenvalue weighted by Crippen LogP contribution is -2.13. The van der Waals surface area contributed by atoms with Crippen LogP contribution in [0.1, 0.15) is 15.2 Å². The van der Waals surface area contributed by atoms with Crippen molar-refractivity contribution >= 4 is 60.9 Å². The van der Waals surface area contributed by atoms with Crippen molar-refractivity contribution in [1.29, 1.82) is 0 Å². The van der Waals surface area contributed by atoms with Gasteiger partial charge in [0, 0.05) is 15.0 Å². The summed E-state index contributed by atoms with van der Waals surface area (Å²) in [4.78, 5) is 12.8. The molecule has 0 fully saturated rings. The van der Waals surface area contributed by atoms with Crippen LogP contribution in [0.2, 0.25) is 0 Å². The van der Waals surface area contributed by atoms with Gasteiger partial charge in [0.25, 0.3) is 5.91 Å². The minimum atomic E-state index is -0.563. The number of carbonyl (C=O) groups excluding carboxylic acids is 1. The molecule has 2 aromatic heterocycles. The van der Waals surface area contributed by atoms with E-state index in [0.29, 0.717) is 10.4 Å². The maximum atomic E-state index is 13.9. The Hall–Kier alpha value is -1.83. The minimum absolute atomic E-state index is 0.108. The first kappa shape index (κ1) is 14.1. The van der Waals surface area contributed by atoms with E-state index in [1.807, 2.05) is 11.4 Å². The van der Waals surface area contributed by atoms with Crippen LogP contribution in [0.15, 0.2) is 35.7 Å². The monoisotopic (exact) mass is 336 g/mol. The molecule has 3 nitrogen and oxygen atoms in total. The molecule has 0 aliphatic rings. The number of carbonyl (C=O) groups is 1. The fraction of sp³-hybridized carbons (Fsp3) is 0. The number of nitrogens with two attached hydrogens (primary N) is 1. The predicted molar refractivity (Wildman–Crippen MR) is 89.9 cm³/mol. The molecule has 3 aromatic rings. The average Bonchev–Trinajstić information content (AvgIpc) is 3.01. The number of thiophene rings is 2.